The van der Waals surface area contributed by atoms with E-state index in [1.165, 1.54) is 17.0 Å². The van der Waals surface area contributed by atoms with Crippen molar-refractivity contribution in [1.29, 1.82) is 0 Å². The number of benzene rings is 2. The van der Waals surface area contributed by atoms with E-state index in [-0.39, 0.29) is 5.91 Å². The van der Waals surface area contributed by atoms with Gasteiger partial charge in [-0.3, -0.25) is 4.79 Å². The third-order valence-electron chi connectivity index (χ3n) is 3.51. The normalized spacial score (nSPS) is 21.3. The van der Waals surface area contributed by atoms with Crippen LogP contribution in [0.5, 0.6) is 0 Å². The van der Waals surface area contributed by atoms with Gasteiger partial charge in [0.2, 0.25) is 5.91 Å². The molecule has 2 N–H and O–H groups in total. The summed E-state index contributed by atoms with van der Waals surface area (Å²) in [5.74, 6) is -0.682. The summed E-state index contributed by atoms with van der Waals surface area (Å²) in [6.45, 7) is 0. The fourth-order valence-corrected chi connectivity index (χ4v) is 3.02. The van der Waals surface area contributed by atoms with E-state index in [0.717, 1.165) is 0 Å². The van der Waals surface area contributed by atoms with E-state index in [4.69, 9.17) is 28.9 Å². The summed E-state index contributed by atoms with van der Waals surface area (Å²) in [4.78, 5) is 13.5. The number of nitrogens with two attached hydrogens (primary N) is 1. The highest BCUT2D eigenvalue weighted by Crippen LogP contribution is 2.41. The SMILES string of the molecule is N[C@H]1C(=O)N(c2cccc(F)c2)[C@H]1c1ccc(Cl)cc1Cl. The van der Waals surface area contributed by atoms with Crippen LogP contribution >= 0.6 is 23.2 Å². The van der Waals surface area contributed by atoms with Gasteiger partial charge in [0.05, 0.1) is 6.04 Å². The molecule has 1 fully saturated rings. The molecule has 1 heterocycles. The van der Waals surface area contributed by atoms with Crippen LogP contribution in [-0.2, 0) is 4.79 Å². The largest absolute Gasteiger partial charge is 0.318 e. The molecule has 0 unspecified atom stereocenters. The first-order valence-corrected chi connectivity index (χ1v) is 7.04. The fourth-order valence-electron chi connectivity index (χ4n) is 2.50. The van der Waals surface area contributed by atoms with E-state index in [1.807, 2.05) is 0 Å². The molecule has 1 saturated heterocycles. The lowest BCUT2D eigenvalue weighted by Gasteiger charge is -2.45. The van der Waals surface area contributed by atoms with E-state index in [1.54, 1.807) is 30.3 Å². The number of carbonyl (C=O) groups excluding carboxylic acids is 1. The average Bonchev–Trinajstić information content (AvgIpc) is 2.45. The standard InChI is InChI=1S/C15H11Cl2FN2O/c16-8-4-5-11(12(17)6-8)14-13(19)15(21)20(14)10-3-1-2-9(18)7-10/h1-7,13-14H,19H2/t13-,14+/m1/s1. The summed E-state index contributed by atoms with van der Waals surface area (Å²) in [6, 6.07) is 9.69. The predicted molar refractivity (Wildman–Crippen MR) is 81.1 cm³/mol. The van der Waals surface area contributed by atoms with Gasteiger partial charge in [-0.15, -0.1) is 0 Å². The van der Waals surface area contributed by atoms with Crippen molar-refractivity contribution in [2.24, 2.45) is 5.73 Å². The van der Waals surface area contributed by atoms with Gasteiger partial charge < -0.3 is 10.6 Å². The third kappa shape index (κ3) is 2.39. The zero-order valence-corrected chi connectivity index (χ0v) is 12.3. The van der Waals surface area contributed by atoms with Gasteiger partial charge in [0.25, 0.3) is 0 Å². The fraction of sp³-hybridized carbons (Fsp3) is 0.133. The maximum Gasteiger partial charge on any atom is 0.247 e. The van der Waals surface area contributed by atoms with Crippen molar-refractivity contribution in [3.8, 4) is 0 Å². The predicted octanol–water partition coefficient (Wildman–Crippen LogP) is 3.55. The molecule has 0 bridgehead atoms. The first kappa shape index (κ1) is 14.3. The van der Waals surface area contributed by atoms with Crippen molar-refractivity contribution in [3.63, 3.8) is 0 Å². The minimum atomic E-state index is -0.702. The molecule has 0 saturated carbocycles. The molecular formula is C15H11Cl2FN2O. The number of hydrogen-bond donors (Lipinski definition) is 1. The molecule has 2 atom stereocenters. The number of nitrogens with zero attached hydrogens (tertiary/aromatic N) is 1. The topological polar surface area (TPSA) is 46.3 Å². The lowest BCUT2D eigenvalue weighted by Crippen LogP contribution is -2.63. The van der Waals surface area contributed by atoms with Gasteiger partial charge in [-0.1, -0.05) is 35.3 Å². The summed E-state index contributed by atoms with van der Waals surface area (Å²) in [5, 5.41) is 0.928. The molecule has 1 aliphatic rings. The number of anilines is 1. The van der Waals surface area contributed by atoms with Crippen molar-refractivity contribution in [1.82, 2.24) is 0 Å². The minimum Gasteiger partial charge on any atom is -0.318 e. The van der Waals surface area contributed by atoms with Crippen molar-refractivity contribution in [2.75, 3.05) is 4.90 Å². The van der Waals surface area contributed by atoms with Crippen LogP contribution in [0.4, 0.5) is 10.1 Å². The Hall–Kier alpha value is -1.62. The number of amides is 1. The van der Waals surface area contributed by atoms with Crippen LogP contribution in [0, 0.1) is 5.82 Å². The first-order chi connectivity index (χ1) is 9.99. The molecule has 3 rings (SSSR count). The Morgan fingerprint density at radius 1 is 1.14 bits per heavy atom. The lowest BCUT2D eigenvalue weighted by molar-refractivity contribution is -0.126. The van der Waals surface area contributed by atoms with E-state index in [9.17, 15) is 9.18 Å². The smallest absolute Gasteiger partial charge is 0.247 e. The Morgan fingerprint density at radius 3 is 2.57 bits per heavy atom. The van der Waals surface area contributed by atoms with Crippen molar-refractivity contribution < 1.29 is 9.18 Å². The molecule has 0 spiro atoms. The first-order valence-electron chi connectivity index (χ1n) is 6.28. The summed E-state index contributed by atoms with van der Waals surface area (Å²) >= 11 is 12.1. The summed E-state index contributed by atoms with van der Waals surface area (Å²) in [7, 11) is 0. The Kier molecular flexibility index (Phi) is 3.61. The molecule has 0 aliphatic carbocycles. The van der Waals surface area contributed by atoms with Crippen molar-refractivity contribution >= 4 is 34.8 Å². The van der Waals surface area contributed by atoms with Gasteiger partial charge in [-0.25, -0.2) is 4.39 Å². The number of hydrogen-bond acceptors (Lipinski definition) is 2. The van der Waals surface area contributed by atoms with E-state index >= 15 is 0 Å². The van der Waals surface area contributed by atoms with Crippen molar-refractivity contribution in [3.05, 3.63) is 63.9 Å². The maximum atomic E-state index is 13.4. The highest BCUT2D eigenvalue weighted by atomic mass is 35.5. The molecule has 0 radical (unpaired) electrons. The third-order valence-corrected chi connectivity index (χ3v) is 4.07. The highest BCUT2D eigenvalue weighted by Gasteiger charge is 2.47. The van der Waals surface area contributed by atoms with E-state index < -0.39 is 17.9 Å². The van der Waals surface area contributed by atoms with Gasteiger partial charge in [-0.05, 0) is 35.9 Å². The van der Waals surface area contributed by atoms with E-state index in [2.05, 4.69) is 0 Å². The Balaban J connectivity index is 2.02. The molecule has 0 aromatic heterocycles. The van der Waals surface area contributed by atoms with Crippen LogP contribution in [0.1, 0.15) is 11.6 Å². The number of carbonyl (C=O) groups is 1. The second-order valence-corrected chi connectivity index (χ2v) is 5.67. The van der Waals surface area contributed by atoms with Crippen LogP contribution in [-0.4, -0.2) is 11.9 Å². The number of halogens is 3. The zero-order chi connectivity index (χ0) is 15.1. The summed E-state index contributed by atoms with van der Waals surface area (Å²) < 4.78 is 13.4. The molecule has 2 aromatic carbocycles. The molecule has 21 heavy (non-hydrogen) atoms. The highest BCUT2D eigenvalue weighted by molar-refractivity contribution is 6.35. The van der Waals surface area contributed by atoms with Crippen LogP contribution in [0.2, 0.25) is 10.0 Å². The number of rotatable bonds is 2. The van der Waals surface area contributed by atoms with Crippen LogP contribution in [0.3, 0.4) is 0 Å². The second-order valence-electron chi connectivity index (χ2n) is 4.82. The Morgan fingerprint density at radius 2 is 1.90 bits per heavy atom. The monoisotopic (exact) mass is 324 g/mol. The minimum absolute atomic E-state index is 0.267. The van der Waals surface area contributed by atoms with Gasteiger partial charge in [-0.2, -0.15) is 0 Å². The van der Waals surface area contributed by atoms with Crippen LogP contribution in [0.25, 0.3) is 0 Å². The van der Waals surface area contributed by atoms with Crippen LogP contribution in [0.15, 0.2) is 42.5 Å². The van der Waals surface area contributed by atoms with Gasteiger partial charge >= 0.3 is 0 Å². The zero-order valence-electron chi connectivity index (χ0n) is 10.8. The Bertz CT molecular complexity index is 723. The van der Waals surface area contributed by atoms with Crippen molar-refractivity contribution in [2.45, 2.75) is 12.1 Å². The quantitative estimate of drug-likeness (QED) is 0.859. The van der Waals surface area contributed by atoms with Gasteiger partial charge in [0.1, 0.15) is 11.9 Å². The van der Waals surface area contributed by atoms with Gasteiger partial charge in [0, 0.05) is 15.7 Å². The second kappa shape index (κ2) is 5.30. The Labute approximate surface area is 131 Å². The molecule has 1 aliphatic heterocycles. The molecule has 1 amide bonds. The van der Waals surface area contributed by atoms with E-state index in [0.29, 0.717) is 21.3 Å². The molecule has 6 heteroatoms. The lowest BCUT2D eigenvalue weighted by atomic mass is 9.88. The maximum absolute atomic E-state index is 13.4. The molecular weight excluding hydrogens is 314 g/mol. The van der Waals surface area contributed by atoms with Gasteiger partial charge in [0.15, 0.2) is 0 Å². The summed E-state index contributed by atoms with van der Waals surface area (Å²) in [5.41, 5.74) is 7.04. The summed E-state index contributed by atoms with van der Waals surface area (Å²) in [6.07, 6.45) is 0. The molecule has 3 nitrogen and oxygen atoms in total. The molecule has 2 aromatic rings. The number of β-lactam (4-membered cyclic amide) rings is 1. The molecule has 108 valence electrons. The van der Waals surface area contributed by atoms with Crippen LogP contribution < -0.4 is 10.6 Å². The average molecular weight is 325 g/mol.